The SMILES string of the molecule is C[C@@H]1CN([C@@H](C)CO)C(=O)Cc2cc(NS(=O)(=O)c3ccccc3)ccc2O[C@@H]1CN(C)S(=O)(=O)c1ccc(Cl)cc1. The number of amides is 1. The van der Waals surface area contributed by atoms with Gasteiger partial charge in [0.15, 0.2) is 0 Å². The summed E-state index contributed by atoms with van der Waals surface area (Å²) >= 11 is 5.94. The topological polar surface area (TPSA) is 133 Å². The van der Waals surface area contributed by atoms with E-state index in [1.807, 2.05) is 6.92 Å². The first kappa shape index (κ1) is 31.8. The number of hydrogen-bond acceptors (Lipinski definition) is 7. The van der Waals surface area contributed by atoms with Gasteiger partial charge < -0.3 is 14.7 Å². The lowest BCUT2D eigenvalue weighted by molar-refractivity contribution is -0.134. The second kappa shape index (κ2) is 13.0. The third kappa shape index (κ3) is 7.24. The van der Waals surface area contributed by atoms with Gasteiger partial charge >= 0.3 is 0 Å². The Morgan fingerprint density at radius 1 is 1.05 bits per heavy atom. The van der Waals surface area contributed by atoms with Crippen molar-refractivity contribution in [3.63, 3.8) is 0 Å². The maximum Gasteiger partial charge on any atom is 0.261 e. The lowest BCUT2D eigenvalue weighted by atomic mass is 10.0. The van der Waals surface area contributed by atoms with Crippen molar-refractivity contribution in [3.05, 3.63) is 83.4 Å². The van der Waals surface area contributed by atoms with Gasteiger partial charge in [-0.15, -0.1) is 0 Å². The molecule has 0 aliphatic carbocycles. The van der Waals surface area contributed by atoms with E-state index in [4.69, 9.17) is 16.3 Å². The Morgan fingerprint density at radius 2 is 1.71 bits per heavy atom. The highest BCUT2D eigenvalue weighted by molar-refractivity contribution is 7.92. The average molecular weight is 636 g/mol. The fourth-order valence-corrected chi connectivity index (χ4v) is 7.04. The zero-order chi connectivity index (χ0) is 30.7. The van der Waals surface area contributed by atoms with Gasteiger partial charge in [-0.2, -0.15) is 4.31 Å². The summed E-state index contributed by atoms with van der Waals surface area (Å²) in [6.45, 7) is 3.48. The first-order valence-corrected chi connectivity index (χ1v) is 16.6. The fourth-order valence-electron chi connectivity index (χ4n) is 4.66. The number of fused-ring (bicyclic) bond motifs is 1. The van der Waals surface area contributed by atoms with Crippen LogP contribution in [0, 0.1) is 5.92 Å². The Bertz CT molecular complexity index is 1620. The third-order valence-corrected chi connectivity index (χ3v) is 10.7. The van der Waals surface area contributed by atoms with Crippen molar-refractivity contribution in [3.8, 4) is 5.75 Å². The highest BCUT2D eigenvalue weighted by Gasteiger charge is 2.33. The van der Waals surface area contributed by atoms with Crippen molar-refractivity contribution in [2.45, 2.75) is 42.2 Å². The van der Waals surface area contributed by atoms with Crippen LogP contribution in [0.4, 0.5) is 5.69 Å². The molecule has 0 bridgehead atoms. The number of aliphatic hydroxyl groups excluding tert-OH is 1. The number of nitrogens with zero attached hydrogens (tertiary/aromatic N) is 2. The Kier molecular flexibility index (Phi) is 9.84. The Hall–Kier alpha value is -3.16. The number of halogens is 1. The number of aliphatic hydroxyl groups is 1. The molecular weight excluding hydrogens is 602 g/mol. The van der Waals surface area contributed by atoms with E-state index >= 15 is 0 Å². The zero-order valence-electron chi connectivity index (χ0n) is 23.5. The number of carbonyl (C=O) groups is 1. The minimum Gasteiger partial charge on any atom is -0.488 e. The second-order valence-corrected chi connectivity index (χ2v) is 14.5. The van der Waals surface area contributed by atoms with Crippen molar-refractivity contribution in [1.82, 2.24) is 9.21 Å². The van der Waals surface area contributed by atoms with Crippen LogP contribution >= 0.6 is 11.6 Å². The van der Waals surface area contributed by atoms with Gasteiger partial charge in [-0.05, 0) is 61.5 Å². The van der Waals surface area contributed by atoms with Gasteiger partial charge in [0.05, 0.1) is 35.4 Å². The Balaban J connectivity index is 1.68. The normalized spacial score (nSPS) is 18.8. The number of nitrogens with one attached hydrogen (secondary N) is 1. The molecule has 1 amide bonds. The number of likely N-dealkylation sites (N-methyl/N-ethyl adjacent to an activating group) is 1. The average Bonchev–Trinajstić information content (AvgIpc) is 3.00. The van der Waals surface area contributed by atoms with Gasteiger partial charge in [-0.1, -0.05) is 36.7 Å². The highest BCUT2D eigenvalue weighted by Crippen LogP contribution is 2.31. The molecule has 2 N–H and O–H groups in total. The molecule has 10 nitrogen and oxygen atoms in total. The van der Waals surface area contributed by atoms with Gasteiger partial charge in [0.25, 0.3) is 10.0 Å². The number of ether oxygens (including phenoxy) is 1. The molecule has 3 aromatic rings. The molecule has 3 aromatic carbocycles. The van der Waals surface area contributed by atoms with E-state index in [0.29, 0.717) is 16.3 Å². The monoisotopic (exact) mass is 635 g/mol. The lowest BCUT2D eigenvalue weighted by Gasteiger charge is -2.33. The molecule has 226 valence electrons. The minimum absolute atomic E-state index is 0.0382. The predicted octanol–water partition coefficient (Wildman–Crippen LogP) is 3.61. The number of rotatable bonds is 9. The van der Waals surface area contributed by atoms with E-state index in [1.54, 1.807) is 36.1 Å². The summed E-state index contributed by atoms with van der Waals surface area (Å²) in [7, 11) is -6.32. The van der Waals surface area contributed by atoms with Crippen molar-refractivity contribution in [2.75, 3.05) is 31.5 Å². The van der Waals surface area contributed by atoms with Crippen LogP contribution in [-0.2, 0) is 31.3 Å². The molecule has 0 aromatic heterocycles. The summed E-state index contributed by atoms with van der Waals surface area (Å²) in [6.07, 6.45) is -0.805. The first-order chi connectivity index (χ1) is 19.8. The van der Waals surface area contributed by atoms with Crippen LogP contribution in [0.2, 0.25) is 5.02 Å². The molecule has 13 heteroatoms. The summed E-state index contributed by atoms with van der Waals surface area (Å²) in [5.74, 6) is -0.286. The van der Waals surface area contributed by atoms with E-state index in [-0.39, 0.29) is 53.4 Å². The molecule has 42 heavy (non-hydrogen) atoms. The summed E-state index contributed by atoms with van der Waals surface area (Å²) in [6, 6.07) is 17.9. The number of sulfonamides is 2. The molecule has 0 unspecified atom stereocenters. The van der Waals surface area contributed by atoms with Crippen molar-refractivity contribution in [1.29, 1.82) is 0 Å². The molecule has 0 saturated heterocycles. The maximum atomic E-state index is 13.5. The van der Waals surface area contributed by atoms with Gasteiger partial charge in [0.1, 0.15) is 11.9 Å². The van der Waals surface area contributed by atoms with E-state index in [2.05, 4.69) is 4.72 Å². The Labute approximate surface area is 252 Å². The van der Waals surface area contributed by atoms with E-state index in [1.165, 1.54) is 59.9 Å². The molecule has 0 radical (unpaired) electrons. The molecule has 4 rings (SSSR count). The smallest absolute Gasteiger partial charge is 0.261 e. The third-order valence-electron chi connectivity index (χ3n) is 7.18. The lowest BCUT2D eigenvalue weighted by Crippen LogP contribution is -2.48. The van der Waals surface area contributed by atoms with E-state index in [0.717, 1.165) is 0 Å². The standard InChI is InChI=1S/C29H34ClN3O7S2/c1-20-17-33(21(2)19-34)29(35)16-22-15-24(31-41(36,37)25-7-5-4-6-8-25)11-14-27(22)40-28(20)18-32(3)42(38,39)26-12-9-23(30)10-13-26/h4-15,20-21,28,31,34H,16-19H2,1-3H3/t20-,21+,28-/m1/s1. The van der Waals surface area contributed by atoms with Crippen LogP contribution in [0.25, 0.3) is 0 Å². The summed E-state index contributed by atoms with van der Waals surface area (Å²) in [5.41, 5.74) is 0.660. The summed E-state index contributed by atoms with van der Waals surface area (Å²) in [4.78, 5) is 15.2. The Morgan fingerprint density at radius 3 is 2.36 bits per heavy atom. The number of hydrogen-bond donors (Lipinski definition) is 2. The summed E-state index contributed by atoms with van der Waals surface area (Å²) < 4.78 is 62.6. The fraction of sp³-hybridized carbons (Fsp3) is 0.345. The van der Waals surface area contributed by atoms with Crippen LogP contribution in [0.5, 0.6) is 5.75 Å². The quantitative estimate of drug-likeness (QED) is 0.367. The van der Waals surface area contributed by atoms with Gasteiger partial charge in [0.2, 0.25) is 15.9 Å². The molecule has 0 saturated carbocycles. The number of carbonyl (C=O) groups excluding carboxylic acids is 1. The zero-order valence-corrected chi connectivity index (χ0v) is 25.9. The second-order valence-electron chi connectivity index (χ2n) is 10.4. The van der Waals surface area contributed by atoms with Crippen LogP contribution < -0.4 is 9.46 Å². The molecule has 0 fully saturated rings. The van der Waals surface area contributed by atoms with Crippen LogP contribution in [0.3, 0.4) is 0 Å². The van der Waals surface area contributed by atoms with E-state index in [9.17, 15) is 26.7 Å². The molecule has 0 spiro atoms. The van der Waals surface area contributed by atoms with Crippen LogP contribution in [-0.4, -0.2) is 75.9 Å². The predicted molar refractivity (Wildman–Crippen MR) is 161 cm³/mol. The molecule has 1 aliphatic heterocycles. The van der Waals surface area contributed by atoms with Crippen LogP contribution in [0.15, 0.2) is 82.6 Å². The molecule has 3 atom stereocenters. The highest BCUT2D eigenvalue weighted by atomic mass is 35.5. The van der Waals surface area contributed by atoms with Crippen molar-refractivity contribution >= 4 is 43.2 Å². The van der Waals surface area contributed by atoms with Crippen molar-refractivity contribution < 1.29 is 31.5 Å². The van der Waals surface area contributed by atoms with Gasteiger partial charge in [-0.25, -0.2) is 16.8 Å². The number of benzene rings is 3. The van der Waals surface area contributed by atoms with Gasteiger partial charge in [0, 0.05) is 35.8 Å². The minimum atomic E-state index is -3.89. The number of anilines is 1. The van der Waals surface area contributed by atoms with E-state index < -0.39 is 32.2 Å². The first-order valence-electron chi connectivity index (χ1n) is 13.3. The molecule has 1 heterocycles. The summed E-state index contributed by atoms with van der Waals surface area (Å²) in [5, 5.41) is 10.3. The molecular formula is C29H34ClN3O7S2. The largest absolute Gasteiger partial charge is 0.488 e. The van der Waals surface area contributed by atoms with Crippen molar-refractivity contribution in [2.24, 2.45) is 5.92 Å². The van der Waals surface area contributed by atoms with Crippen LogP contribution in [0.1, 0.15) is 19.4 Å². The maximum absolute atomic E-state index is 13.5. The van der Waals surface area contributed by atoms with Gasteiger partial charge in [-0.3, -0.25) is 9.52 Å². The molecule has 1 aliphatic rings.